The Hall–Kier alpha value is -3.58. The van der Waals surface area contributed by atoms with E-state index >= 15 is 0 Å². The van der Waals surface area contributed by atoms with Crippen molar-refractivity contribution in [3.63, 3.8) is 0 Å². The summed E-state index contributed by atoms with van der Waals surface area (Å²) in [6.45, 7) is 2.25. The quantitative estimate of drug-likeness (QED) is 0.296. The fourth-order valence-electron chi connectivity index (χ4n) is 4.60. The van der Waals surface area contributed by atoms with Crippen LogP contribution in [0, 0.1) is 6.92 Å². The van der Waals surface area contributed by atoms with Crippen molar-refractivity contribution >= 4 is 17.5 Å². The molecule has 0 spiro atoms. The molecule has 0 N–H and O–H groups in total. The number of carbonyl (C=O) groups excluding carboxylic acids is 1. The van der Waals surface area contributed by atoms with Crippen molar-refractivity contribution in [3.05, 3.63) is 112 Å². The first-order chi connectivity index (χ1) is 17.2. The summed E-state index contributed by atoms with van der Waals surface area (Å²) in [4.78, 5) is 19.9. The number of carbonyl (C=O) groups is 1. The highest BCUT2D eigenvalue weighted by Crippen LogP contribution is 2.36. The van der Waals surface area contributed by atoms with Gasteiger partial charge in [-0.05, 0) is 66.4 Å². The van der Waals surface area contributed by atoms with E-state index in [9.17, 15) is 18.0 Å². The van der Waals surface area contributed by atoms with E-state index < -0.39 is 11.7 Å². The minimum Gasteiger partial charge on any atom is -0.441 e. The van der Waals surface area contributed by atoms with Crippen LogP contribution in [0.3, 0.4) is 0 Å². The van der Waals surface area contributed by atoms with E-state index in [2.05, 4.69) is 11.1 Å². The molecular weight excluding hydrogens is 489 g/mol. The third kappa shape index (κ3) is 4.75. The Kier molecular flexibility index (Phi) is 6.35. The van der Waals surface area contributed by atoms with Gasteiger partial charge in [0.1, 0.15) is 5.76 Å². The summed E-state index contributed by atoms with van der Waals surface area (Å²) in [5.74, 6) is 0.529. The zero-order chi connectivity index (χ0) is 25.4. The molecule has 0 radical (unpaired) electrons. The maximum absolute atomic E-state index is 13.6. The molecule has 1 amide bonds. The highest BCUT2D eigenvalue weighted by molar-refractivity contribution is 6.30. The number of aromatic nitrogens is 1. The summed E-state index contributed by atoms with van der Waals surface area (Å²) in [6.07, 6.45) is -3.67. The lowest BCUT2D eigenvalue weighted by molar-refractivity contribution is -0.137. The Morgan fingerprint density at radius 2 is 1.75 bits per heavy atom. The van der Waals surface area contributed by atoms with Crippen molar-refractivity contribution in [1.82, 2.24) is 9.88 Å². The van der Waals surface area contributed by atoms with E-state index in [1.165, 1.54) is 17.7 Å². The van der Waals surface area contributed by atoms with Gasteiger partial charge in [-0.3, -0.25) is 4.79 Å². The van der Waals surface area contributed by atoms with Crippen LogP contribution in [-0.4, -0.2) is 22.3 Å². The van der Waals surface area contributed by atoms with Crippen LogP contribution in [0.5, 0.6) is 0 Å². The second-order valence-corrected chi connectivity index (χ2v) is 9.20. The topological polar surface area (TPSA) is 46.3 Å². The normalized spacial score (nSPS) is 15.6. The molecule has 1 aliphatic rings. The van der Waals surface area contributed by atoms with Gasteiger partial charge < -0.3 is 9.32 Å². The first-order valence-corrected chi connectivity index (χ1v) is 11.8. The van der Waals surface area contributed by atoms with Gasteiger partial charge in [-0.2, -0.15) is 13.2 Å². The van der Waals surface area contributed by atoms with Crippen molar-refractivity contribution < 1.29 is 22.4 Å². The van der Waals surface area contributed by atoms with Crippen LogP contribution in [0.4, 0.5) is 13.2 Å². The summed E-state index contributed by atoms with van der Waals surface area (Å²) in [6, 6.07) is 19.9. The summed E-state index contributed by atoms with van der Waals surface area (Å²) in [5, 5.41) is 0.620. The van der Waals surface area contributed by atoms with E-state index in [0.717, 1.165) is 29.7 Å². The molecule has 4 aromatic rings. The second kappa shape index (κ2) is 9.47. The summed E-state index contributed by atoms with van der Waals surface area (Å²) in [7, 11) is 0. The van der Waals surface area contributed by atoms with Gasteiger partial charge in [0, 0.05) is 17.1 Å². The molecule has 8 heteroatoms. The number of benzene rings is 3. The van der Waals surface area contributed by atoms with Crippen molar-refractivity contribution in [1.29, 1.82) is 0 Å². The fourth-order valence-corrected chi connectivity index (χ4v) is 4.73. The molecule has 2 heterocycles. The molecule has 0 fully saturated rings. The van der Waals surface area contributed by atoms with Crippen LogP contribution in [0.25, 0.3) is 11.5 Å². The third-order valence-electron chi connectivity index (χ3n) is 6.46. The predicted octanol–water partition coefficient (Wildman–Crippen LogP) is 7.04. The SMILES string of the molecule is Cc1oc(-c2ccc(C(F)(F)F)cc2)nc1CC(=O)N1CCc2ccccc2[C@H]1c1ccc(Cl)cc1. The molecule has 0 unspecified atom stereocenters. The summed E-state index contributed by atoms with van der Waals surface area (Å²) in [5.41, 5.74) is 3.36. The van der Waals surface area contributed by atoms with Crippen LogP contribution in [0.1, 0.15) is 39.7 Å². The first kappa shape index (κ1) is 24.1. The Morgan fingerprint density at radius 1 is 1.06 bits per heavy atom. The molecule has 0 aliphatic carbocycles. The van der Waals surface area contributed by atoms with Gasteiger partial charge in [0.2, 0.25) is 11.8 Å². The molecule has 1 aliphatic heterocycles. The van der Waals surface area contributed by atoms with Crippen molar-refractivity contribution in [2.45, 2.75) is 32.0 Å². The Bertz CT molecular complexity index is 1400. The zero-order valence-corrected chi connectivity index (χ0v) is 20.1. The lowest BCUT2D eigenvalue weighted by Gasteiger charge is -2.38. The second-order valence-electron chi connectivity index (χ2n) is 8.76. The Balaban J connectivity index is 1.42. The van der Waals surface area contributed by atoms with Crippen LogP contribution >= 0.6 is 11.6 Å². The number of fused-ring (bicyclic) bond motifs is 1. The number of rotatable bonds is 4. The monoisotopic (exact) mass is 510 g/mol. The highest BCUT2D eigenvalue weighted by atomic mass is 35.5. The van der Waals surface area contributed by atoms with E-state index in [1.54, 1.807) is 6.92 Å². The van der Waals surface area contributed by atoms with Gasteiger partial charge in [0.25, 0.3) is 0 Å². The average molecular weight is 511 g/mol. The van der Waals surface area contributed by atoms with Crippen LogP contribution in [0.15, 0.2) is 77.2 Å². The molecule has 0 bridgehead atoms. The molecule has 4 nitrogen and oxygen atoms in total. The molecular formula is C28H22ClF3N2O2. The van der Waals surface area contributed by atoms with Crippen molar-refractivity contribution in [2.75, 3.05) is 6.54 Å². The molecule has 0 saturated carbocycles. The van der Waals surface area contributed by atoms with E-state index in [1.807, 2.05) is 47.4 Å². The summed E-state index contributed by atoms with van der Waals surface area (Å²) < 4.78 is 44.4. The lowest BCUT2D eigenvalue weighted by atomic mass is 9.88. The number of halogens is 4. The maximum Gasteiger partial charge on any atom is 0.416 e. The molecule has 5 rings (SSSR count). The van der Waals surface area contributed by atoms with Gasteiger partial charge in [-0.15, -0.1) is 0 Å². The minimum atomic E-state index is -4.42. The molecule has 3 aromatic carbocycles. The van der Waals surface area contributed by atoms with Crippen molar-refractivity contribution in [3.8, 4) is 11.5 Å². The van der Waals surface area contributed by atoms with Gasteiger partial charge in [0.05, 0.1) is 23.7 Å². The molecule has 1 atom stereocenters. The highest BCUT2D eigenvalue weighted by Gasteiger charge is 2.33. The van der Waals surface area contributed by atoms with Gasteiger partial charge >= 0.3 is 6.18 Å². The smallest absolute Gasteiger partial charge is 0.416 e. The Labute approximate surface area is 211 Å². The minimum absolute atomic E-state index is 0.0161. The third-order valence-corrected chi connectivity index (χ3v) is 6.71. The fraction of sp³-hybridized carbons (Fsp3) is 0.214. The lowest BCUT2D eigenvalue weighted by Crippen LogP contribution is -2.41. The predicted molar refractivity (Wildman–Crippen MR) is 131 cm³/mol. The maximum atomic E-state index is 13.6. The summed E-state index contributed by atoms with van der Waals surface area (Å²) >= 11 is 6.10. The molecule has 184 valence electrons. The molecule has 1 aromatic heterocycles. The number of hydrogen-bond donors (Lipinski definition) is 0. The van der Waals surface area contributed by atoms with Gasteiger partial charge in [-0.1, -0.05) is 48.0 Å². The van der Waals surface area contributed by atoms with Crippen LogP contribution in [0.2, 0.25) is 5.02 Å². The van der Waals surface area contributed by atoms with Gasteiger partial charge in [0.15, 0.2) is 0 Å². The number of oxazole rings is 1. The zero-order valence-electron chi connectivity index (χ0n) is 19.3. The largest absolute Gasteiger partial charge is 0.441 e. The number of hydrogen-bond acceptors (Lipinski definition) is 3. The van der Waals surface area contributed by atoms with Crippen molar-refractivity contribution in [2.24, 2.45) is 0 Å². The first-order valence-electron chi connectivity index (χ1n) is 11.5. The number of nitrogens with zero attached hydrogens (tertiary/aromatic N) is 2. The van der Waals surface area contributed by atoms with Crippen LogP contribution in [-0.2, 0) is 23.8 Å². The van der Waals surface area contributed by atoms with Crippen LogP contribution < -0.4 is 0 Å². The molecule has 36 heavy (non-hydrogen) atoms. The van der Waals surface area contributed by atoms with E-state index in [4.69, 9.17) is 16.0 Å². The van der Waals surface area contributed by atoms with E-state index in [-0.39, 0.29) is 24.3 Å². The molecule has 0 saturated heterocycles. The Morgan fingerprint density at radius 3 is 2.44 bits per heavy atom. The number of alkyl halides is 3. The number of amides is 1. The average Bonchev–Trinajstić information content (AvgIpc) is 3.23. The van der Waals surface area contributed by atoms with Gasteiger partial charge in [-0.25, -0.2) is 4.98 Å². The standard InChI is InChI=1S/C28H22ClF3N2O2/c1-17-24(33-27(36-17)20-6-10-21(11-7-20)28(30,31)32)16-25(35)34-15-14-18-4-2-3-5-23(18)26(34)19-8-12-22(29)13-9-19/h2-13,26H,14-16H2,1H3/t26-/m1/s1. The number of aryl methyl sites for hydroxylation is 1. The van der Waals surface area contributed by atoms with E-state index in [0.29, 0.717) is 28.6 Å².